The van der Waals surface area contributed by atoms with Crippen LogP contribution in [0, 0.1) is 0 Å². The number of aromatic nitrogens is 1. The normalized spacial score (nSPS) is 12.5. The van der Waals surface area contributed by atoms with Crippen molar-refractivity contribution >= 4 is 68.5 Å². The second-order valence-corrected chi connectivity index (χ2v) is 20.9. The van der Waals surface area contributed by atoms with Gasteiger partial charge in [-0.2, -0.15) is 0 Å². The first-order valence-electron chi connectivity index (χ1n) is 22.3. The highest BCUT2D eigenvalue weighted by molar-refractivity contribution is 7.19. The second-order valence-electron chi connectivity index (χ2n) is 17.1. The first kappa shape index (κ1) is 37.4. The van der Waals surface area contributed by atoms with Crippen molar-refractivity contribution in [1.29, 1.82) is 0 Å². The zero-order chi connectivity index (χ0) is 42.9. The van der Waals surface area contributed by atoms with Crippen molar-refractivity contribution in [3.8, 4) is 56.3 Å². The van der Waals surface area contributed by atoms with E-state index in [4.69, 9.17) is 9.39 Å². The van der Waals surface area contributed by atoms with Crippen LogP contribution < -0.4 is 41.1 Å². The van der Waals surface area contributed by atoms with E-state index in [1.54, 1.807) is 0 Å². The molecule has 3 heterocycles. The van der Waals surface area contributed by atoms with Crippen molar-refractivity contribution in [2.24, 2.45) is 0 Å². The lowest BCUT2D eigenvalue weighted by atomic mass is 9.50. The molecule has 0 spiro atoms. The third kappa shape index (κ3) is 5.90. The van der Waals surface area contributed by atoms with Crippen LogP contribution in [0.5, 0.6) is 17.2 Å². The fourth-order valence-electron chi connectivity index (χ4n) is 10.7. The van der Waals surface area contributed by atoms with Gasteiger partial charge in [0.15, 0.2) is 8.07 Å². The van der Waals surface area contributed by atoms with Crippen molar-refractivity contribution in [2.75, 3.05) is 0 Å². The molecule has 0 aliphatic carbocycles. The Morgan fingerprint density at radius 1 is 0.354 bits per heavy atom. The molecule has 0 atom stereocenters. The Morgan fingerprint density at radius 2 is 0.908 bits per heavy atom. The lowest BCUT2D eigenvalue weighted by Gasteiger charge is -2.35. The first-order chi connectivity index (χ1) is 32.2. The summed E-state index contributed by atoms with van der Waals surface area (Å²) in [7, 11) is -2.72. The Hall–Kier alpha value is -8.12. The highest BCUT2D eigenvalue weighted by Crippen LogP contribution is 2.42. The zero-order valence-corrected chi connectivity index (χ0v) is 36.4. The van der Waals surface area contributed by atoms with Crippen LogP contribution in [-0.4, -0.2) is 19.6 Å². The molecule has 65 heavy (non-hydrogen) atoms. The van der Waals surface area contributed by atoms with Gasteiger partial charge in [0.1, 0.15) is 17.2 Å². The lowest BCUT2D eigenvalue weighted by Crippen LogP contribution is -2.74. The Balaban J connectivity index is 0.911. The lowest BCUT2D eigenvalue weighted by molar-refractivity contribution is 0.479. The van der Waals surface area contributed by atoms with E-state index in [0.29, 0.717) is 0 Å². The average Bonchev–Trinajstić information content (AvgIpc) is 3.72. The number of nitrogens with zero attached hydrogens (tertiary/aromatic N) is 1. The minimum atomic E-state index is -2.72. The molecule has 0 bridgehead atoms. The smallest absolute Gasteiger partial charge is 0.434 e. The Morgan fingerprint density at radius 3 is 1.57 bits per heavy atom. The third-order valence-electron chi connectivity index (χ3n) is 13.6. The van der Waals surface area contributed by atoms with E-state index in [1.807, 2.05) is 0 Å². The van der Waals surface area contributed by atoms with Gasteiger partial charge in [-0.25, -0.2) is 0 Å². The fourth-order valence-corrected chi connectivity index (χ4v) is 15.5. The van der Waals surface area contributed by atoms with Crippen LogP contribution in [-0.2, 0) is 0 Å². The number of hydrogen-bond donors (Lipinski definition) is 0. The zero-order valence-electron chi connectivity index (χ0n) is 35.4. The van der Waals surface area contributed by atoms with Crippen LogP contribution in [0.4, 0.5) is 0 Å². The van der Waals surface area contributed by atoms with Crippen LogP contribution >= 0.6 is 0 Å². The molecule has 0 fully saturated rings. The van der Waals surface area contributed by atoms with E-state index in [-0.39, 0.29) is 6.92 Å². The van der Waals surface area contributed by atoms with Crippen LogP contribution in [0.15, 0.2) is 243 Å². The average molecular weight is 846 g/mol. The summed E-state index contributed by atoms with van der Waals surface area (Å²) < 4.78 is 16.3. The van der Waals surface area contributed by atoms with Crippen LogP contribution in [0.3, 0.4) is 0 Å². The van der Waals surface area contributed by atoms with Crippen molar-refractivity contribution in [3.63, 3.8) is 0 Å². The van der Waals surface area contributed by atoms with Crippen LogP contribution in [0.1, 0.15) is 0 Å². The molecule has 0 saturated carbocycles. The van der Waals surface area contributed by atoms with Gasteiger partial charge >= 0.3 is 6.92 Å². The molecule has 2 aliphatic heterocycles. The highest BCUT2D eigenvalue weighted by atomic mass is 28.3. The minimum absolute atomic E-state index is 0.333. The van der Waals surface area contributed by atoms with Gasteiger partial charge in [0, 0.05) is 32.9 Å². The number of rotatable bonds is 7. The second kappa shape index (κ2) is 15.0. The molecular weight excluding hydrogens is 806 g/mol. The molecule has 1 aromatic heterocycles. The molecule has 0 radical (unpaired) electrons. The SMILES string of the molecule is c1ccc([Si](c2ccccc2)(c2ccccc2)c2cccc(-c3ccc4c(c3)B3Oc5ccccc5-c5cc(-c6ccc(-n7c8ccccc8c8ccccc87)cc6)cc(c53)O4)c2)cc1. The first-order valence-corrected chi connectivity index (χ1v) is 24.3. The largest absolute Gasteiger partial charge is 0.551 e. The summed E-state index contributed by atoms with van der Waals surface area (Å²) in [5.41, 5.74) is 12.3. The predicted octanol–water partition coefficient (Wildman–Crippen LogP) is 10.8. The van der Waals surface area contributed by atoms with Gasteiger partial charge < -0.3 is 14.0 Å². The highest BCUT2D eigenvalue weighted by Gasteiger charge is 2.43. The van der Waals surface area contributed by atoms with E-state index in [1.165, 1.54) is 42.6 Å². The summed E-state index contributed by atoms with van der Waals surface area (Å²) in [4.78, 5) is 0. The van der Waals surface area contributed by atoms with E-state index in [2.05, 4.69) is 247 Å². The molecule has 304 valence electrons. The molecule has 0 saturated heterocycles. The quantitative estimate of drug-likeness (QED) is 0.118. The number of ether oxygens (including phenoxy) is 1. The molecule has 0 amide bonds. The van der Waals surface area contributed by atoms with E-state index < -0.39 is 8.07 Å². The van der Waals surface area contributed by atoms with Crippen molar-refractivity contribution in [2.45, 2.75) is 0 Å². The van der Waals surface area contributed by atoms with Gasteiger partial charge in [-0.05, 0) is 97.1 Å². The van der Waals surface area contributed by atoms with Gasteiger partial charge in [-0.1, -0.05) is 194 Å². The van der Waals surface area contributed by atoms with Gasteiger partial charge in [-0.3, -0.25) is 0 Å². The van der Waals surface area contributed by atoms with E-state index >= 15 is 0 Å². The van der Waals surface area contributed by atoms with Crippen LogP contribution in [0.25, 0.3) is 60.9 Å². The molecule has 10 aromatic carbocycles. The minimum Gasteiger partial charge on any atom is -0.551 e. The van der Waals surface area contributed by atoms with Crippen LogP contribution in [0.2, 0.25) is 0 Å². The van der Waals surface area contributed by atoms with E-state index in [0.717, 1.165) is 67.2 Å². The molecule has 0 unspecified atom stereocenters. The van der Waals surface area contributed by atoms with Crippen molar-refractivity contribution in [3.05, 3.63) is 243 Å². The van der Waals surface area contributed by atoms with E-state index in [9.17, 15) is 0 Å². The molecule has 11 aromatic rings. The summed E-state index contributed by atoms with van der Waals surface area (Å²) in [6.07, 6.45) is 0. The maximum Gasteiger partial charge on any atom is 0.434 e. The van der Waals surface area contributed by atoms with Gasteiger partial charge in [0.25, 0.3) is 0 Å². The monoisotopic (exact) mass is 845 g/mol. The maximum atomic E-state index is 7.01. The van der Waals surface area contributed by atoms with Gasteiger partial charge in [-0.15, -0.1) is 0 Å². The molecule has 2 aliphatic rings. The summed E-state index contributed by atoms with van der Waals surface area (Å²) in [5.74, 6) is 2.52. The Bertz CT molecular complexity index is 3460. The fraction of sp³-hybridized carbons (Fsp3) is 0. The van der Waals surface area contributed by atoms with Crippen molar-refractivity contribution < 1.29 is 9.39 Å². The van der Waals surface area contributed by atoms with Gasteiger partial charge in [0.05, 0.1) is 11.0 Å². The number of fused-ring (bicyclic) bond motifs is 7. The number of para-hydroxylation sites is 3. The number of benzene rings is 10. The predicted molar refractivity (Wildman–Crippen MR) is 273 cm³/mol. The summed E-state index contributed by atoms with van der Waals surface area (Å²) >= 11 is 0. The molecule has 13 rings (SSSR count). The summed E-state index contributed by atoms with van der Waals surface area (Å²) in [6.45, 7) is -0.333. The summed E-state index contributed by atoms with van der Waals surface area (Å²) in [5, 5.41) is 7.90. The third-order valence-corrected chi connectivity index (χ3v) is 18.4. The number of hydrogen-bond acceptors (Lipinski definition) is 2. The van der Waals surface area contributed by atoms with Crippen molar-refractivity contribution in [1.82, 2.24) is 4.57 Å². The van der Waals surface area contributed by atoms with Gasteiger partial charge in [0.2, 0.25) is 0 Å². The summed E-state index contributed by atoms with van der Waals surface area (Å²) in [6, 6.07) is 88.3. The standard InChI is InChI=1S/C60H40BNO2Si/c1-4-18-46(19-5-1)65(47-20-6-2-7-21-47,48-22-8-3-9-23-48)49-24-16-17-42(37-49)43-33-36-58-54(39-43)61-60-53(52-27-12-15-30-57(52)64-61)38-44(40-59(60)63-58)41-31-34-45(35-32-41)62-55-28-13-10-25-50(55)51-26-11-14-29-56(51)62/h1-40H. The molecule has 3 nitrogen and oxygen atoms in total. The Kier molecular flexibility index (Phi) is 8.65. The topological polar surface area (TPSA) is 23.4 Å². The molecule has 0 N–H and O–H groups in total. The maximum absolute atomic E-state index is 7.01. The molecular formula is C60H40BNO2Si. The molecule has 5 heteroatoms. The Labute approximate surface area is 379 Å².